The third-order valence-corrected chi connectivity index (χ3v) is 2.53. The molecule has 1 aliphatic heterocycles. The minimum Gasteiger partial charge on any atom is -0.352 e. The average Bonchev–Trinajstić information content (AvgIpc) is 2.16. The van der Waals surface area contributed by atoms with Gasteiger partial charge in [-0.15, -0.1) is 0 Å². The first-order valence-corrected chi connectivity index (χ1v) is 4.99. The van der Waals surface area contributed by atoms with Gasteiger partial charge in [-0.25, -0.2) is 0 Å². The van der Waals surface area contributed by atoms with Gasteiger partial charge in [-0.1, -0.05) is 0 Å². The van der Waals surface area contributed by atoms with Gasteiger partial charge in [0, 0.05) is 12.6 Å². The van der Waals surface area contributed by atoms with Gasteiger partial charge in [-0.05, 0) is 26.3 Å². The summed E-state index contributed by atoms with van der Waals surface area (Å²) >= 11 is 0. The van der Waals surface area contributed by atoms with Crippen molar-refractivity contribution in [3.05, 3.63) is 0 Å². The van der Waals surface area contributed by atoms with E-state index in [2.05, 4.69) is 10.6 Å². The zero-order valence-electron chi connectivity index (χ0n) is 8.53. The zero-order valence-corrected chi connectivity index (χ0v) is 8.53. The fraction of sp³-hybridized carbons (Fsp3) is 0.889. The van der Waals surface area contributed by atoms with Crippen LogP contribution in [-0.2, 0) is 4.79 Å². The van der Waals surface area contributed by atoms with Crippen LogP contribution in [0.4, 0.5) is 13.2 Å². The zero-order chi connectivity index (χ0) is 11.5. The van der Waals surface area contributed by atoms with Gasteiger partial charge in [-0.2, -0.15) is 13.2 Å². The van der Waals surface area contributed by atoms with Gasteiger partial charge in [0.15, 0.2) is 0 Å². The minimum atomic E-state index is -4.45. The Morgan fingerprint density at radius 3 is 2.67 bits per heavy atom. The van der Waals surface area contributed by atoms with Crippen molar-refractivity contribution in [2.24, 2.45) is 5.92 Å². The molecule has 0 aliphatic carbocycles. The predicted octanol–water partition coefficient (Wildman–Crippen LogP) is 1.05. The van der Waals surface area contributed by atoms with Crippen LogP contribution < -0.4 is 10.6 Å². The van der Waals surface area contributed by atoms with E-state index in [1.54, 1.807) is 0 Å². The number of hydrogen-bond acceptors (Lipinski definition) is 2. The smallest absolute Gasteiger partial charge is 0.352 e. The van der Waals surface area contributed by atoms with Crippen LogP contribution in [0.25, 0.3) is 0 Å². The van der Waals surface area contributed by atoms with Crippen LogP contribution in [0.2, 0.25) is 0 Å². The van der Waals surface area contributed by atoms with E-state index in [0.29, 0.717) is 6.54 Å². The third-order valence-electron chi connectivity index (χ3n) is 2.53. The van der Waals surface area contributed by atoms with Crippen LogP contribution in [0.15, 0.2) is 0 Å². The molecule has 0 aromatic heterocycles. The van der Waals surface area contributed by atoms with Gasteiger partial charge in [0.05, 0.1) is 0 Å². The highest BCUT2D eigenvalue weighted by Crippen LogP contribution is 2.25. The Morgan fingerprint density at radius 1 is 1.53 bits per heavy atom. The summed E-state index contributed by atoms with van der Waals surface area (Å²) in [5, 5.41) is 5.43. The molecule has 1 fully saturated rings. The first-order valence-electron chi connectivity index (χ1n) is 4.99. The van der Waals surface area contributed by atoms with Crippen LogP contribution in [-0.4, -0.2) is 31.2 Å². The maximum absolute atomic E-state index is 12.2. The summed E-state index contributed by atoms with van der Waals surface area (Å²) in [4.78, 5) is 11.2. The monoisotopic (exact) mass is 224 g/mol. The van der Waals surface area contributed by atoms with Gasteiger partial charge in [0.25, 0.3) is 0 Å². The van der Waals surface area contributed by atoms with E-state index in [-0.39, 0.29) is 6.04 Å². The molecule has 1 amide bonds. The van der Waals surface area contributed by atoms with E-state index in [1.165, 1.54) is 0 Å². The van der Waals surface area contributed by atoms with E-state index in [9.17, 15) is 18.0 Å². The molecule has 0 aromatic rings. The van der Waals surface area contributed by atoms with Crippen molar-refractivity contribution in [1.82, 2.24) is 10.6 Å². The van der Waals surface area contributed by atoms with Crippen molar-refractivity contribution >= 4 is 5.91 Å². The van der Waals surface area contributed by atoms with Crippen LogP contribution in [0.3, 0.4) is 0 Å². The number of piperidine rings is 1. The molecule has 1 unspecified atom stereocenters. The molecule has 15 heavy (non-hydrogen) atoms. The van der Waals surface area contributed by atoms with E-state index in [1.807, 2.05) is 0 Å². The Labute approximate surface area is 86.4 Å². The van der Waals surface area contributed by atoms with Crippen LogP contribution in [0.1, 0.15) is 19.8 Å². The number of hydrogen-bond donors (Lipinski definition) is 2. The summed E-state index contributed by atoms with van der Waals surface area (Å²) in [6.07, 6.45) is -2.83. The topological polar surface area (TPSA) is 41.1 Å². The first-order chi connectivity index (χ1) is 6.91. The summed E-state index contributed by atoms with van der Waals surface area (Å²) < 4.78 is 36.5. The Morgan fingerprint density at radius 2 is 2.20 bits per heavy atom. The molecule has 1 saturated heterocycles. The first kappa shape index (κ1) is 12.3. The minimum absolute atomic E-state index is 0.170. The second-order valence-electron chi connectivity index (χ2n) is 3.82. The fourth-order valence-electron chi connectivity index (χ4n) is 1.45. The Hall–Kier alpha value is -0.780. The van der Waals surface area contributed by atoms with Gasteiger partial charge < -0.3 is 10.6 Å². The molecule has 0 spiro atoms. The molecule has 88 valence electrons. The molecule has 6 heteroatoms. The van der Waals surface area contributed by atoms with Crippen LogP contribution in [0, 0.1) is 5.92 Å². The normalized spacial score (nSPS) is 24.7. The number of alkyl halides is 3. The Balaban J connectivity index is 2.40. The molecule has 2 N–H and O–H groups in total. The van der Waals surface area contributed by atoms with Crippen LogP contribution >= 0.6 is 0 Å². The highest BCUT2D eigenvalue weighted by Gasteiger charge is 2.41. The lowest BCUT2D eigenvalue weighted by molar-refractivity contribution is -0.179. The van der Waals surface area contributed by atoms with Gasteiger partial charge >= 0.3 is 6.18 Å². The summed E-state index contributed by atoms with van der Waals surface area (Å²) in [7, 11) is 0. The largest absolute Gasteiger partial charge is 0.400 e. The van der Waals surface area contributed by atoms with Crippen molar-refractivity contribution in [3.8, 4) is 0 Å². The molecular weight excluding hydrogens is 209 g/mol. The quantitative estimate of drug-likeness (QED) is 0.736. The maximum Gasteiger partial charge on any atom is 0.400 e. The second-order valence-corrected chi connectivity index (χ2v) is 3.82. The molecule has 1 rings (SSSR count). The molecule has 3 nitrogen and oxygen atoms in total. The molecule has 0 aromatic carbocycles. The summed E-state index contributed by atoms with van der Waals surface area (Å²) in [5.74, 6) is -2.87. The fourth-order valence-corrected chi connectivity index (χ4v) is 1.45. The van der Waals surface area contributed by atoms with Crippen molar-refractivity contribution in [2.45, 2.75) is 32.0 Å². The molecule has 1 heterocycles. The van der Waals surface area contributed by atoms with Crippen molar-refractivity contribution in [3.63, 3.8) is 0 Å². The molecule has 0 radical (unpaired) electrons. The van der Waals surface area contributed by atoms with Gasteiger partial charge in [-0.3, -0.25) is 4.79 Å². The van der Waals surface area contributed by atoms with E-state index < -0.39 is 18.0 Å². The lowest BCUT2D eigenvalue weighted by Gasteiger charge is -2.25. The van der Waals surface area contributed by atoms with Gasteiger partial charge in [0.2, 0.25) is 5.91 Å². The lowest BCUT2D eigenvalue weighted by Crippen LogP contribution is -2.49. The SMILES string of the molecule is CC(C(=O)N[C@H]1CCCNC1)C(F)(F)F. The van der Waals surface area contributed by atoms with E-state index in [4.69, 9.17) is 0 Å². The number of carbonyl (C=O) groups excluding carboxylic acids is 1. The lowest BCUT2D eigenvalue weighted by atomic mass is 10.1. The van der Waals surface area contributed by atoms with Crippen molar-refractivity contribution in [2.75, 3.05) is 13.1 Å². The summed E-state index contributed by atoms with van der Waals surface area (Å²) in [6.45, 7) is 2.29. The number of amides is 1. The van der Waals surface area contributed by atoms with E-state index in [0.717, 1.165) is 26.3 Å². The highest BCUT2D eigenvalue weighted by atomic mass is 19.4. The van der Waals surface area contributed by atoms with Gasteiger partial charge in [0.1, 0.15) is 5.92 Å². The number of carbonyl (C=O) groups is 1. The average molecular weight is 224 g/mol. The predicted molar refractivity (Wildman–Crippen MR) is 49.3 cm³/mol. The second kappa shape index (κ2) is 4.83. The Kier molecular flexibility index (Phi) is 3.96. The molecule has 0 bridgehead atoms. The number of halogens is 3. The third kappa shape index (κ3) is 3.70. The van der Waals surface area contributed by atoms with Crippen molar-refractivity contribution < 1.29 is 18.0 Å². The van der Waals surface area contributed by atoms with E-state index >= 15 is 0 Å². The Bertz CT molecular complexity index is 224. The maximum atomic E-state index is 12.2. The highest BCUT2D eigenvalue weighted by molar-refractivity contribution is 5.79. The molecule has 2 atom stereocenters. The molecule has 0 saturated carbocycles. The summed E-state index contributed by atoms with van der Waals surface area (Å²) in [5.41, 5.74) is 0. The van der Waals surface area contributed by atoms with Crippen LogP contribution in [0.5, 0.6) is 0 Å². The number of nitrogens with one attached hydrogen (secondary N) is 2. The van der Waals surface area contributed by atoms with Crippen molar-refractivity contribution in [1.29, 1.82) is 0 Å². The molecule has 1 aliphatic rings. The number of rotatable bonds is 2. The summed E-state index contributed by atoms with van der Waals surface area (Å²) in [6, 6.07) is -0.170. The standard InChI is InChI=1S/C9H15F3N2O/c1-6(9(10,11)12)8(15)14-7-3-2-4-13-5-7/h6-7,13H,2-5H2,1H3,(H,14,15)/t6?,7-/m0/s1. The molecular formula is C9H15F3N2O.